The van der Waals surface area contributed by atoms with E-state index in [-0.39, 0.29) is 12.1 Å². The monoisotopic (exact) mass is 164 g/mol. The molecular formula is C8H8N2O2. The summed E-state index contributed by atoms with van der Waals surface area (Å²) in [5.74, 6) is 0. The molecule has 4 nitrogen and oxygen atoms in total. The van der Waals surface area contributed by atoms with Crippen molar-refractivity contribution in [3.63, 3.8) is 0 Å². The number of rotatable bonds is 1. The Morgan fingerprint density at radius 3 is 3.17 bits per heavy atom. The predicted molar refractivity (Wildman–Crippen MR) is 41.5 cm³/mol. The van der Waals surface area contributed by atoms with Gasteiger partial charge in [0.15, 0.2) is 0 Å². The van der Waals surface area contributed by atoms with Crippen molar-refractivity contribution in [2.45, 2.75) is 6.04 Å². The van der Waals surface area contributed by atoms with Gasteiger partial charge >= 0.3 is 6.09 Å². The Morgan fingerprint density at radius 1 is 1.67 bits per heavy atom. The van der Waals surface area contributed by atoms with Gasteiger partial charge in [0.25, 0.3) is 0 Å². The summed E-state index contributed by atoms with van der Waals surface area (Å²) >= 11 is 0. The lowest BCUT2D eigenvalue weighted by molar-refractivity contribution is 0.177. The van der Waals surface area contributed by atoms with E-state index in [1.165, 1.54) is 0 Å². The standard InChI is InChI=1S/C8H8N2O2/c11-8-10-7(5-12-8)6-2-1-3-9-4-6/h1-4,7H,5H2,(H,10,11)/t7-/m0/s1. The van der Waals surface area contributed by atoms with Crippen LogP contribution >= 0.6 is 0 Å². The van der Waals surface area contributed by atoms with Crippen molar-refractivity contribution in [3.8, 4) is 0 Å². The Morgan fingerprint density at radius 2 is 2.58 bits per heavy atom. The zero-order valence-corrected chi connectivity index (χ0v) is 6.36. The van der Waals surface area contributed by atoms with E-state index < -0.39 is 0 Å². The van der Waals surface area contributed by atoms with Crippen LogP contribution in [0.15, 0.2) is 24.5 Å². The van der Waals surface area contributed by atoms with E-state index >= 15 is 0 Å². The maximum Gasteiger partial charge on any atom is 0.407 e. The number of ether oxygens (including phenoxy) is 1. The Hall–Kier alpha value is -1.58. The Balaban J connectivity index is 2.16. The van der Waals surface area contributed by atoms with Crippen LogP contribution in [0.5, 0.6) is 0 Å². The zero-order chi connectivity index (χ0) is 8.39. The normalized spacial score (nSPS) is 21.7. The third kappa shape index (κ3) is 1.23. The van der Waals surface area contributed by atoms with Crippen LogP contribution in [0.25, 0.3) is 0 Å². The molecule has 4 heteroatoms. The first kappa shape index (κ1) is 7.09. The molecule has 12 heavy (non-hydrogen) atoms. The molecule has 0 saturated carbocycles. The minimum Gasteiger partial charge on any atom is -0.447 e. The minimum atomic E-state index is -0.358. The molecule has 1 aromatic heterocycles. The van der Waals surface area contributed by atoms with Gasteiger partial charge in [0.2, 0.25) is 0 Å². The first-order chi connectivity index (χ1) is 5.86. The number of cyclic esters (lactones) is 1. The number of nitrogens with zero attached hydrogens (tertiary/aromatic N) is 1. The second-order valence-electron chi connectivity index (χ2n) is 2.58. The first-order valence-electron chi connectivity index (χ1n) is 3.69. The molecule has 1 aromatic rings. The molecule has 0 aliphatic carbocycles. The lowest BCUT2D eigenvalue weighted by Crippen LogP contribution is -2.18. The van der Waals surface area contributed by atoms with Crippen LogP contribution in [0.4, 0.5) is 4.79 Å². The molecule has 2 rings (SSSR count). The largest absolute Gasteiger partial charge is 0.447 e. The molecule has 1 N–H and O–H groups in total. The van der Waals surface area contributed by atoms with Crippen molar-refractivity contribution >= 4 is 6.09 Å². The molecule has 1 atom stereocenters. The highest BCUT2D eigenvalue weighted by molar-refractivity contribution is 5.69. The van der Waals surface area contributed by atoms with Gasteiger partial charge < -0.3 is 10.1 Å². The van der Waals surface area contributed by atoms with E-state index in [2.05, 4.69) is 10.3 Å². The van der Waals surface area contributed by atoms with Crippen molar-refractivity contribution < 1.29 is 9.53 Å². The molecular weight excluding hydrogens is 156 g/mol. The van der Waals surface area contributed by atoms with Gasteiger partial charge in [-0.1, -0.05) is 6.07 Å². The summed E-state index contributed by atoms with van der Waals surface area (Å²) in [6.45, 7) is 0.393. The molecule has 0 spiro atoms. The summed E-state index contributed by atoms with van der Waals surface area (Å²) < 4.78 is 4.74. The third-order valence-electron chi connectivity index (χ3n) is 1.76. The molecule has 1 saturated heterocycles. The predicted octanol–water partition coefficient (Wildman–Crippen LogP) is 0.863. The number of hydrogen-bond donors (Lipinski definition) is 1. The number of pyridine rings is 1. The summed E-state index contributed by atoms with van der Waals surface area (Å²) in [6.07, 6.45) is 3.06. The van der Waals surface area contributed by atoms with Crippen LogP contribution < -0.4 is 5.32 Å². The van der Waals surface area contributed by atoms with Crippen LogP contribution in [0, 0.1) is 0 Å². The van der Waals surface area contributed by atoms with Crippen LogP contribution in [0.1, 0.15) is 11.6 Å². The van der Waals surface area contributed by atoms with Crippen LogP contribution in [-0.2, 0) is 4.74 Å². The van der Waals surface area contributed by atoms with Gasteiger partial charge in [0, 0.05) is 12.4 Å². The van der Waals surface area contributed by atoms with Crippen LogP contribution in [-0.4, -0.2) is 17.7 Å². The van der Waals surface area contributed by atoms with E-state index in [9.17, 15) is 4.79 Å². The number of hydrogen-bond acceptors (Lipinski definition) is 3. The molecule has 62 valence electrons. The van der Waals surface area contributed by atoms with E-state index in [0.29, 0.717) is 6.61 Å². The van der Waals surface area contributed by atoms with Crippen LogP contribution in [0.2, 0.25) is 0 Å². The Kier molecular flexibility index (Phi) is 1.66. The molecule has 1 aliphatic rings. The van der Waals surface area contributed by atoms with Crippen LogP contribution in [0.3, 0.4) is 0 Å². The quantitative estimate of drug-likeness (QED) is 0.669. The summed E-state index contributed by atoms with van der Waals surface area (Å²) in [4.78, 5) is 14.6. The summed E-state index contributed by atoms with van der Waals surface area (Å²) in [7, 11) is 0. The second kappa shape index (κ2) is 2.81. The average Bonchev–Trinajstić information content (AvgIpc) is 2.54. The fourth-order valence-corrected chi connectivity index (χ4v) is 1.15. The lowest BCUT2D eigenvalue weighted by atomic mass is 10.1. The van der Waals surface area contributed by atoms with Crippen molar-refractivity contribution in [2.24, 2.45) is 0 Å². The van der Waals surface area contributed by atoms with Gasteiger partial charge in [0.05, 0.1) is 6.04 Å². The van der Waals surface area contributed by atoms with Crippen molar-refractivity contribution in [1.82, 2.24) is 10.3 Å². The molecule has 0 unspecified atom stereocenters. The number of alkyl carbamates (subject to hydrolysis) is 1. The molecule has 0 radical (unpaired) electrons. The highest BCUT2D eigenvalue weighted by Gasteiger charge is 2.23. The average molecular weight is 164 g/mol. The summed E-state index contributed by atoms with van der Waals surface area (Å²) in [6, 6.07) is 3.71. The SMILES string of the molecule is O=C1N[C@H](c2cccnc2)CO1. The van der Waals surface area contributed by atoms with Crippen molar-refractivity contribution in [3.05, 3.63) is 30.1 Å². The zero-order valence-electron chi connectivity index (χ0n) is 6.36. The molecule has 0 aromatic carbocycles. The number of aromatic nitrogens is 1. The summed E-state index contributed by atoms with van der Waals surface area (Å²) in [5, 5.41) is 2.67. The van der Waals surface area contributed by atoms with Gasteiger partial charge in [-0.2, -0.15) is 0 Å². The molecule has 1 amide bonds. The number of amides is 1. The Labute approximate surface area is 69.6 Å². The lowest BCUT2D eigenvalue weighted by Gasteiger charge is -2.04. The van der Waals surface area contributed by atoms with E-state index in [1.54, 1.807) is 12.4 Å². The smallest absolute Gasteiger partial charge is 0.407 e. The second-order valence-corrected chi connectivity index (χ2v) is 2.58. The van der Waals surface area contributed by atoms with Gasteiger partial charge in [0.1, 0.15) is 6.61 Å². The highest BCUT2D eigenvalue weighted by Crippen LogP contribution is 2.15. The molecule has 1 aliphatic heterocycles. The Bertz CT molecular complexity index is 286. The fourth-order valence-electron chi connectivity index (χ4n) is 1.15. The van der Waals surface area contributed by atoms with Crippen molar-refractivity contribution in [2.75, 3.05) is 6.61 Å². The first-order valence-corrected chi connectivity index (χ1v) is 3.69. The molecule has 1 fully saturated rings. The van der Waals surface area contributed by atoms with Gasteiger partial charge in [-0.25, -0.2) is 4.79 Å². The van der Waals surface area contributed by atoms with E-state index in [0.717, 1.165) is 5.56 Å². The van der Waals surface area contributed by atoms with E-state index in [1.807, 2.05) is 12.1 Å². The summed E-state index contributed by atoms with van der Waals surface area (Å²) in [5.41, 5.74) is 0.975. The number of nitrogens with one attached hydrogen (secondary N) is 1. The maximum absolute atomic E-state index is 10.7. The van der Waals surface area contributed by atoms with Crippen molar-refractivity contribution in [1.29, 1.82) is 0 Å². The number of carbonyl (C=O) groups is 1. The molecule has 2 heterocycles. The highest BCUT2D eigenvalue weighted by atomic mass is 16.6. The third-order valence-corrected chi connectivity index (χ3v) is 1.76. The topological polar surface area (TPSA) is 51.2 Å². The molecule has 0 bridgehead atoms. The minimum absolute atomic E-state index is 0.0359. The van der Waals surface area contributed by atoms with Gasteiger partial charge in [-0.3, -0.25) is 4.98 Å². The van der Waals surface area contributed by atoms with Gasteiger partial charge in [-0.05, 0) is 11.6 Å². The van der Waals surface area contributed by atoms with Gasteiger partial charge in [-0.15, -0.1) is 0 Å². The maximum atomic E-state index is 10.7. The fraction of sp³-hybridized carbons (Fsp3) is 0.250. The number of carbonyl (C=O) groups excluding carboxylic acids is 1. The van der Waals surface area contributed by atoms with E-state index in [4.69, 9.17) is 4.74 Å².